The minimum Gasteiger partial charge on any atom is -0.483 e. The summed E-state index contributed by atoms with van der Waals surface area (Å²) in [6.07, 6.45) is 2.30. The zero-order valence-corrected chi connectivity index (χ0v) is 10.7. The van der Waals surface area contributed by atoms with Crippen LogP contribution in [0.15, 0.2) is 18.2 Å². The number of fused-ring (bicyclic) bond motifs is 1. The Bertz CT molecular complexity index is 480. The molecule has 1 amide bonds. The third kappa shape index (κ3) is 2.53. The van der Waals surface area contributed by atoms with Crippen LogP contribution in [0.3, 0.4) is 0 Å². The summed E-state index contributed by atoms with van der Waals surface area (Å²) in [5.41, 5.74) is 1.69. The number of hydrogen-bond acceptors (Lipinski definition) is 3. The molecule has 0 fully saturated rings. The second kappa shape index (κ2) is 5.21. The van der Waals surface area contributed by atoms with Gasteiger partial charge in [0.1, 0.15) is 5.75 Å². The third-order valence-corrected chi connectivity index (χ3v) is 3.11. The summed E-state index contributed by atoms with van der Waals surface area (Å²) < 4.78 is 5.53. The molecule has 0 bridgehead atoms. The Morgan fingerprint density at radius 3 is 2.83 bits per heavy atom. The zero-order valence-electron chi connectivity index (χ0n) is 10.7. The van der Waals surface area contributed by atoms with Gasteiger partial charge in [-0.2, -0.15) is 0 Å². The molecule has 1 aliphatic rings. The van der Waals surface area contributed by atoms with Crippen LogP contribution in [0.2, 0.25) is 0 Å². The van der Waals surface area contributed by atoms with E-state index < -0.39 is 0 Å². The monoisotopic (exact) mass is 247 g/mol. The first-order chi connectivity index (χ1) is 8.59. The van der Waals surface area contributed by atoms with E-state index in [2.05, 4.69) is 0 Å². The van der Waals surface area contributed by atoms with Gasteiger partial charge in [-0.15, -0.1) is 0 Å². The average Bonchev–Trinajstić information content (AvgIpc) is 2.36. The molecule has 0 saturated heterocycles. The molecular weight excluding hydrogens is 230 g/mol. The Labute approximate surface area is 107 Å². The predicted molar refractivity (Wildman–Crippen MR) is 67.9 cm³/mol. The number of nitrogens with zero attached hydrogens (tertiary/aromatic N) is 1. The number of carbonyl (C=O) groups is 2. The van der Waals surface area contributed by atoms with Gasteiger partial charge in [0.05, 0.1) is 0 Å². The van der Waals surface area contributed by atoms with Crippen LogP contribution in [0, 0.1) is 0 Å². The highest BCUT2D eigenvalue weighted by molar-refractivity contribution is 5.99. The molecule has 0 spiro atoms. The van der Waals surface area contributed by atoms with Crippen LogP contribution in [-0.4, -0.2) is 37.3 Å². The molecule has 0 radical (unpaired) electrons. The van der Waals surface area contributed by atoms with Crippen molar-refractivity contribution in [2.45, 2.75) is 19.3 Å². The minimum absolute atomic E-state index is 0.0116. The largest absolute Gasteiger partial charge is 0.483 e. The number of rotatable bonds is 3. The van der Waals surface area contributed by atoms with Crippen LogP contribution in [0.5, 0.6) is 5.75 Å². The lowest BCUT2D eigenvalue weighted by Crippen LogP contribution is -2.28. The highest BCUT2D eigenvalue weighted by atomic mass is 16.5. The SMILES string of the molecule is CN(C)C(=O)COc1cccc2c1CCCC2=O. The number of ketones is 1. The lowest BCUT2D eigenvalue weighted by atomic mass is 9.90. The molecule has 1 aromatic rings. The quantitative estimate of drug-likeness (QED) is 0.816. The Morgan fingerprint density at radius 2 is 2.11 bits per heavy atom. The molecule has 1 aromatic carbocycles. The van der Waals surface area contributed by atoms with E-state index in [4.69, 9.17) is 4.74 Å². The van der Waals surface area contributed by atoms with Gasteiger partial charge in [0, 0.05) is 31.6 Å². The zero-order chi connectivity index (χ0) is 13.1. The topological polar surface area (TPSA) is 46.6 Å². The van der Waals surface area contributed by atoms with E-state index in [1.54, 1.807) is 20.2 Å². The predicted octanol–water partition coefficient (Wildman–Crippen LogP) is 1.67. The number of benzene rings is 1. The van der Waals surface area contributed by atoms with E-state index >= 15 is 0 Å². The lowest BCUT2D eigenvalue weighted by molar-refractivity contribution is -0.130. The maximum Gasteiger partial charge on any atom is 0.259 e. The standard InChI is InChI=1S/C14H17NO3/c1-15(2)14(17)9-18-13-8-4-5-10-11(13)6-3-7-12(10)16/h4-5,8H,3,6-7,9H2,1-2H3. The fourth-order valence-electron chi connectivity index (χ4n) is 2.05. The number of carbonyl (C=O) groups excluding carboxylic acids is 2. The first kappa shape index (κ1) is 12.6. The molecule has 0 unspecified atom stereocenters. The van der Waals surface area contributed by atoms with Crippen LogP contribution in [0.1, 0.15) is 28.8 Å². The first-order valence-corrected chi connectivity index (χ1v) is 6.07. The molecule has 0 aromatic heterocycles. The smallest absolute Gasteiger partial charge is 0.259 e. The molecule has 4 heteroatoms. The van der Waals surface area contributed by atoms with Gasteiger partial charge in [0.25, 0.3) is 5.91 Å². The Kier molecular flexibility index (Phi) is 3.65. The van der Waals surface area contributed by atoms with Gasteiger partial charge in [0.2, 0.25) is 0 Å². The summed E-state index contributed by atoms with van der Waals surface area (Å²) >= 11 is 0. The van der Waals surface area contributed by atoms with Crippen molar-refractivity contribution in [1.82, 2.24) is 4.90 Å². The number of amides is 1. The van der Waals surface area contributed by atoms with E-state index in [-0.39, 0.29) is 18.3 Å². The van der Waals surface area contributed by atoms with E-state index in [9.17, 15) is 9.59 Å². The summed E-state index contributed by atoms with van der Waals surface area (Å²) in [6, 6.07) is 5.45. The Morgan fingerprint density at radius 1 is 1.33 bits per heavy atom. The van der Waals surface area contributed by atoms with Crippen molar-refractivity contribution in [3.63, 3.8) is 0 Å². The summed E-state index contributed by atoms with van der Waals surface area (Å²) in [5, 5.41) is 0. The number of Topliss-reactive ketones (excluding diaryl/α,β-unsaturated/α-hetero) is 1. The van der Waals surface area contributed by atoms with Crippen LogP contribution < -0.4 is 4.74 Å². The Balaban J connectivity index is 2.17. The van der Waals surface area contributed by atoms with E-state index in [0.717, 1.165) is 24.0 Å². The molecular formula is C14H17NO3. The van der Waals surface area contributed by atoms with Crippen molar-refractivity contribution < 1.29 is 14.3 Å². The third-order valence-electron chi connectivity index (χ3n) is 3.11. The Hall–Kier alpha value is -1.84. The summed E-state index contributed by atoms with van der Waals surface area (Å²) in [7, 11) is 3.38. The van der Waals surface area contributed by atoms with Crippen molar-refractivity contribution >= 4 is 11.7 Å². The van der Waals surface area contributed by atoms with Gasteiger partial charge in [-0.3, -0.25) is 9.59 Å². The summed E-state index contributed by atoms with van der Waals surface area (Å²) in [5.74, 6) is 0.742. The normalized spacial score (nSPS) is 14.0. The van der Waals surface area contributed by atoms with Crippen LogP contribution in [0.4, 0.5) is 0 Å². The van der Waals surface area contributed by atoms with Crippen LogP contribution in [0.25, 0.3) is 0 Å². The van der Waals surface area contributed by atoms with Crippen molar-refractivity contribution in [1.29, 1.82) is 0 Å². The molecule has 0 heterocycles. The highest BCUT2D eigenvalue weighted by Crippen LogP contribution is 2.29. The molecule has 1 aliphatic carbocycles. The van der Waals surface area contributed by atoms with Crippen LogP contribution >= 0.6 is 0 Å². The fourth-order valence-corrected chi connectivity index (χ4v) is 2.05. The van der Waals surface area contributed by atoms with Crippen molar-refractivity contribution in [2.24, 2.45) is 0 Å². The first-order valence-electron chi connectivity index (χ1n) is 6.07. The molecule has 18 heavy (non-hydrogen) atoms. The molecule has 0 saturated carbocycles. The van der Waals surface area contributed by atoms with Gasteiger partial charge in [-0.25, -0.2) is 0 Å². The van der Waals surface area contributed by atoms with Crippen molar-refractivity contribution in [2.75, 3.05) is 20.7 Å². The van der Waals surface area contributed by atoms with Gasteiger partial charge in [0.15, 0.2) is 12.4 Å². The average molecular weight is 247 g/mol. The second-order valence-electron chi connectivity index (χ2n) is 4.64. The molecule has 4 nitrogen and oxygen atoms in total. The maximum atomic E-state index is 11.8. The fraction of sp³-hybridized carbons (Fsp3) is 0.429. The van der Waals surface area contributed by atoms with E-state index in [1.807, 2.05) is 12.1 Å². The summed E-state index contributed by atoms with van der Waals surface area (Å²) in [4.78, 5) is 24.7. The van der Waals surface area contributed by atoms with E-state index in [1.165, 1.54) is 4.90 Å². The molecule has 96 valence electrons. The van der Waals surface area contributed by atoms with Crippen molar-refractivity contribution in [3.8, 4) is 5.75 Å². The van der Waals surface area contributed by atoms with Gasteiger partial charge in [-0.05, 0) is 18.9 Å². The molecule has 0 aliphatic heterocycles. The van der Waals surface area contributed by atoms with Gasteiger partial charge < -0.3 is 9.64 Å². The highest BCUT2D eigenvalue weighted by Gasteiger charge is 2.20. The van der Waals surface area contributed by atoms with Crippen molar-refractivity contribution in [3.05, 3.63) is 29.3 Å². The van der Waals surface area contributed by atoms with E-state index in [0.29, 0.717) is 12.2 Å². The van der Waals surface area contributed by atoms with Gasteiger partial charge >= 0.3 is 0 Å². The minimum atomic E-state index is -0.0882. The number of likely N-dealkylation sites (N-methyl/N-ethyl adjacent to an activating group) is 1. The second-order valence-corrected chi connectivity index (χ2v) is 4.64. The molecule has 0 atom stereocenters. The maximum absolute atomic E-state index is 11.8. The number of hydrogen-bond donors (Lipinski definition) is 0. The number of ether oxygens (including phenoxy) is 1. The summed E-state index contributed by atoms with van der Waals surface area (Å²) in [6.45, 7) is 0.0116. The van der Waals surface area contributed by atoms with Gasteiger partial charge in [-0.1, -0.05) is 12.1 Å². The lowest BCUT2D eigenvalue weighted by Gasteiger charge is -2.19. The van der Waals surface area contributed by atoms with Crippen LogP contribution in [-0.2, 0) is 11.2 Å². The molecule has 0 N–H and O–H groups in total. The molecule has 2 rings (SSSR count).